The van der Waals surface area contributed by atoms with Crippen molar-refractivity contribution in [3.8, 4) is 0 Å². The highest BCUT2D eigenvalue weighted by Crippen LogP contribution is 2.40. The molecule has 0 aromatic carbocycles. The van der Waals surface area contributed by atoms with E-state index < -0.39 is 42.2 Å². The fraction of sp³-hybridized carbons (Fsp3) is 0.950. The summed E-state index contributed by atoms with van der Waals surface area (Å²) >= 11 is 0. The Bertz CT molecular complexity index is 926. The van der Waals surface area contributed by atoms with E-state index >= 15 is 0 Å². The van der Waals surface area contributed by atoms with Crippen LogP contribution in [0, 0.1) is 0 Å². The van der Waals surface area contributed by atoms with Crippen molar-refractivity contribution in [2.45, 2.75) is 238 Å². The average Bonchev–Trinajstić information content (AvgIpc) is 3.67. The molecular formula is C40H73NO8. The minimum absolute atomic E-state index is 0.111. The van der Waals surface area contributed by atoms with Gasteiger partial charge >= 0.3 is 5.97 Å². The van der Waals surface area contributed by atoms with Crippen LogP contribution in [0.2, 0.25) is 0 Å². The number of amides is 1. The second-order valence-electron chi connectivity index (χ2n) is 15.7. The Balaban J connectivity index is 1.47. The molecule has 0 radical (unpaired) electrons. The van der Waals surface area contributed by atoms with Gasteiger partial charge in [-0.15, -0.1) is 0 Å². The largest absolute Gasteiger partial charge is 0.462 e. The number of nitrogens with one attached hydrogen (secondary N) is 1. The Kier molecular flexibility index (Phi) is 19.5. The van der Waals surface area contributed by atoms with Crippen LogP contribution in [0.1, 0.15) is 189 Å². The Morgan fingerprint density at radius 1 is 0.673 bits per heavy atom. The molecule has 286 valence electrons. The molecule has 0 aromatic rings. The zero-order valence-corrected chi connectivity index (χ0v) is 32.2. The van der Waals surface area contributed by atoms with Crippen LogP contribution in [-0.4, -0.2) is 66.8 Å². The lowest BCUT2D eigenvalue weighted by Gasteiger charge is -2.30. The van der Waals surface area contributed by atoms with Crippen LogP contribution >= 0.6 is 0 Å². The molecule has 3 heterocycles. The second kappa shape index (κ2) is 22.6. The van der Waals surface area contributed by atoms with Gasteiger partial charge in [-0.1, -0.05) is 129 Å². The lowest BCUT2D eigenvalue weighted by atomic mass is 10.0. The average molecular weight is 696 g/mol. The van der Waals surface area contributed by atoms with Gasteiger partial charge in [-0.05, 0) is 47.0 Å². The topological polar surface area (TPSA) is 102 Å². The molecule has 6 atom stereocenters. The summed E-state index contributed by atoms with van der Waals surface area (Å²) in [5.41, 5.74) is 0. The van der Waals surface area contributed by atoms with Gasteiger partial charge in [0.15, 0.2) is 17.9 Å². The highest BCUT2D eigenvalue weighted by molar-refractivity contribution is 5.77. The molecule has 1 N–H and O–H groups in total. The van der Waals surface area contributed by atoms with Gasteiger partial charge in [-0.25, -0.2) is 0 Å². The number of hydrogen-bond donors (Lipinski definition) is 1. The van der Waals surface area contributed by atoms with Gasteiger partial charge in [0.25, 0.3) is 0 Å². The van der Waals surface area contributed by atoms with Crippen LogP contribution in [-0.2, 0) is 38.0 Å². The predicted molar refractivity (Wildman–Crippen MR) is 193 cm³/mol. The summed E-state index contributed by atoms with van der Waals surface area (Å²) in [6.45, 7) is 12.3. The number of carbonyl (C=O) groups is 2. The van der Waals surface area contributed by atoms with Gasteiger partial charge in [0.1, 0.15) is 24.4 Å². The van der Waals surface area contributed by atoms with Gasteiger partial charge in [-0.2, -0.15) is 0 Å². The smallest absolute Gasteiger partial charge is 0.306 e. The van der Waals surface area contributed by atoms with Crippen molar-refractivity contribution >= 4 is 11.9 Å². The summed E-state index contributed by atoms with van der Waals surface area (Å²) in [5.74, 6) is -1.93. The van der Waals surface area contributed by atoms with Gasteiger partial charge in [-0.3, -0.25) is 9.59 Å². The molecule has 1 unspecified atom stereocenters. The Hall–Kier alpha value is -1.26. The normalized spacial score (nSPS) is 26.1. The maximum absolute atomic E-state index is 13.6. The first kappa shape index (κ1) is 42.2. The van der Waals surface area contributed by atoms with E-state index in [1.165, 1.54) is 96.3 Å². The Morgan fingerprint density at radius 3 is 1.73 bits per heavy atom. The number of hydrogen-bond acceptors (Lipinski definition) is 8. The zero-order chi connectivity index (χ0) is 35.5. The maximum atomic E-state index is 13.6. The number of fused-ring (bicyclic) bond motifs is 1. The molecule has 3 saturated heterocycles. The van der Waals surface area contributed by atoms with E-state index in [0.717, 1.165) is 32.1 Å². The van der Waals surface area contributed by atoms with Crippen LogP contribution in [0.15, 0.2) is 0 Å². The number of rotatable bonds is 27. The van der Waals surface area contributed by atoms with Crippen molar-refractivity contribution in [3.63, 3.8) is 0 Å². The van der Waals surface area contributed by atoms with Crippen molar-refractivity contribution in [3.05, 3.63) is 0 Å². The fourth-order valence-corrected chi connectivity index (χ4v) is 7.41. The van der Waals surface area contributed by atoms with E-state index in [4.69, 9.17) is 28.4 Å². The van der Waals surface area contributed by atoms with E-state index in [1.54, 1.807) is 0 Å². The summed E-state index contributed by atoms with van der Waals surface area (Å²) in [6, 6.07) is -0.484. The van der Waals surface area contributed by atoms with E-state index in [2.05, 4.69) is 19.2 Å². The molecule has 0 spiro atoms. The molecule has 3 aliphatic rings. The molecule has 3 fully saturated rings. The van der Waals surface area contributed by atoms with Gasteiger partial charge < -0.3 is 33.7 Å². The van der Waals surface area contributed by atoms with E-state index in [0.29, 0.717) is 19.4 Å². The minimum Gasteiger partial charge on any atom is -0.462 e. The number of esters is 1. The number of ether oxygens (including phenoxy) is 6. The Morgan fingerprint density at radius 2 is 1.20 bits per heavy atom. The van der Waals surface area contributed by atoms with E-state index in [-0.39, 0.29) is 24.4 Å². The lowest BCUT2D eigenvalue weighted by molar-refractivity contribution is -0.223. The number of unbranched alkanes of at least 4 members (excludes halogenated alkanes) is 18. The summed E-state index contributed by atoms with van der Waals surface area (Å²) in [4.78, 5) is 26.6. The first-order valence-corrected chi connectivity index (χ1v) is 20.3. The van der Waals surface area contributed by atoms with Crippen LogP contribution in [0.25, 0.3) is 0 Å². The lowest BCUT2D eigenvalue weighted by Crippen LogP contribution is -2.53. The molecule has 3 aliphatic heterocycles. The molecular weight excluding hydrogens is 622 g/mol. The molecule has 3 rings (SSSR count). The third kappa shape index (κ3) is 16.3. The molecule has 9 nitrogen and oxygen atoms in total. The van der Waals surface area contributed by atoms with Crippen LogP contribution in [0.3, 0.4) is 0 Å². The van der Waals surface area contributed by atoms with Crippen molar-refractivity contribution in [1.82, 2.24) is 5.32 Å². The predicted octanol–water partition coefficient (Wildman–Crippen LogP) is 9.42. The third-order valence-corrected chi connectivity index (χ3v) is 10.1. The zero-order valence-electron chi connectivity index (χ0n) is 32.2. The van der Waals surface area contributed by atoms with Gasteiger partial charge in [0.05, 0.1) is 19.1 Å². The Labute approximate surface area is 299 Å². The van der Waals surface area contributed by atoms with Crippen LogP contribution < -0.4 is 5.32 Å². The highest BCUT2D eigenvalue weighted by atomic mass is 16.8. The summed E-state index contributed by atoms with van der Waals surface area (Å²) < 4.78 is 36.4. The van der Waals surface area contributed by atoms with Gasteiger partial charge in [0.2, 0.25) is 5.91 Å². The maximum Gasteiger partial charge on any atom is 0.306 e. The summed E-state index contributed by atoms with van der Waals surface area (Å²) in [6.07, 6.45) is 23.3. The molecule has 0 aromatic heterocycles. The number of carbonyl (C=O) groups excluding carboxylic acids is 2. The third-order valence-electron chi connectivity index (χ3n) is 10.1. The minimum atomic E-state index is -0.822. The highest BCUT2D eigenvalue weighted by Gasteiger charge is 2.58. The SMILES string of the molecule is CCCCCCCCCCCCCC(=O)OC(CCCCCCCCCCC)CC(=O)N[C@H]1[C@H]2OC(C)(C)O[C@H]2O[C@@H]1[C@H]1COC(C)(C)O1. The molecule has 0 bridgehead atoms. The van der Waals surface area contributed by atoms with Gasteiger partial charge in [0, 0.05) is 6.42 Å². The van der Waals surface area contributed by atoms with Crippen molar-refractivity contribution in [1.29, 1.82) is 0 Å². The van der Waals surface area contributed by atoms with E-state index in [9.17, 15) is 9.59 Å². The molecule has 9 heteroatoms. The monoisotopic (exact) mass is 696 g/mol. The standard InChI is InChI=1S/C40H73NO8/c1-7-9-11-13-15-17-18-20-22-24-26-28-34(43)45-31(27-25-23-21-19-16-14-12-10-8-2)29-33(42)41-35-36(32-30-44-39(3,4)47-32)46-38-37(35)48-40(5,6)49-38/h31-32,35-38H,7-30H2,1-6H3,(H,41,42)/t31?,32-,35-,36-,37-,38-/m1/s1. The molecule has 0 saturated carbocycles. The van der Waals surface area contributed by atoms with E-state index in [1.807, 2.05) is 27.7 Å². The fourth-order valence-electron chi connectivity index (χ4n) is 7.41. The summed E-state index contributed by atoms with van der Waals surface area (Å²) in [7, 11) is 0. The van der Waals surface area contributed by atoms with Crippen molar-refractivity contribution < 1.29 is 38.0 Å². The summed E-state index contributed by atoms with van der Waals surface area (Å²) in [5, 5.41) is 3.18. The first-order valence-electron chi connectivity index (χ1n) is 20.3. The molecule has 49 heavy (non-hydrogen) atoms. The first-order chi connectivity index (χ1) is 23.5. The molecule has 0 aliphatic carbocycles. The molecule has 1 amide bonds. The quantitative estimate of drug-likeness (QED) is 0.0670. The van der Waals surface area contributed by atoms with Crippen molar-refractivity contribution in [2.75, 3.05) is 6.61 Å². The second-order valence-corrected chi connectivity index (χ2v) is 15.7. The van der Waals surface area contributed by atoms with Crippen LogP contribution in [0.5, 0.6) is 0 Å². The van der Waals surface area contributed by atoms with Crippen LogP contribution in [0.4, 0.5) is 0 Å². The van der Waals surface area contributed by atoms with Crippen molar-refractivity contribution in [2.24, 2.45) is 0 Å².